The smallest absolute Gasteiger partial charge is 0.409 e. The Morgan fingerprint density at radius 1 is 0.891 bits per heavy atom. The van der Waals surface area contributed by atoms with E-state index in [4.69, 9.17) is 4.74 Å². The van der Waals surface area contributed by atoms with E-state index in [1.54, 1.807) is 42.5 Å². The fourth-order valence-electron chi connectivity index (χ4n) is 5.41. The van der Waals surface area contributed by atoms with Crippen molar-refractivity contribution in [2.45, 2.75) is 63.9 Å². The quantitative estimate of drug-likeness (QED) is 0.221. The lowest BCUT2D eigenvalue weighted by atomic mass is 10.0. The number of ketones is 1. The van der Waals surface area contributed by atoms with Crippen LogP contribution in [0.25, 0.3) is 0 Å². The van der Waals surface area contributed by atoms with Crippen LogP contribution in [-0.2, 0) is 27.4 Å². The molecule has 11 nitrogen and oxygen atoms in total. The van der Waals surface area contributed by atoms with E-state index in [0.717, 1.165) is 11.1 Å². The number of alkyl carbamates (subject to hydrolysis) is 1. The molecular formula is C35H40N4O7. The van der Waals surface area contributed by atoms with Crippen LogP contribution in [-0.4, -0.2) is 76.0 Å². The highest BCUT2D eigenvalue weighted by molar-refractivity contribution is 5.99. The van der Waals surface area contributed by atoms with Crippen molar-refractivity contribution in [1.82, 2.24) is 20.4 Å². The van der Waals surface area contributed by atoms with Gasteiger partial charge in [-0.05, 0) is 48.9 Å². The summed E-state index contributed by atoms with van der Waals surface area (Å²) < 4.78 is 5.42. The number of Topliss-reactive ketones (excluding diaryl/α,β-unsaturated/α-hetero) is 1. The number of likely N-dealkylation sites (tertiary alicyclic amines) is 1. The molecule has 1 saturated heterocycles. The molecule has 0 aromatic heterocycles. The first-order chi connectivity index (χ1) is 22.3. The summed E-state index contributed by atoms with van der Waals surface area (Å²) in [6.07, 6.45) is -0.0554. The zero-order chi connectivity index (χ0) is 32.9. The molecule has 1 aliphatic rings. The van der Waals surface area contributed by atoms with Crippen molar-refractivity contribution in [2.75, 3.05) is 13.1 Å². The van der Waals surface area contributed by atoms with Gasteiger partial charge >= 0.3 is 18.1 Å². The van der Waals surface area contributed by atoms with Crippen molar-refractivity contribution in [3.63, 3.8) is 0 Å². The summed E-state index contributed by atoms with van der Waals surface area (Å²) in [6.45, 7) is 1.56. The molecule has 0 spiro atoms. The minimum atomic E-state index is -1.14. The lowest BCUT2D eigenvalue weighted by Crippen LogP contribution is -2.59. The van der Waals surface area contributed by atoms with Crippen LogP contribution in [0.5, 0.6) is 0 Å². The monoisotopic (exact) mass is 628 g/mol. The predicted octanol–water partition coefficient (Wildman–Crippen LogP) is 4.62. The summed E-state index contributed by atoms with van der Waals surface area (Å²) >= 11 is 0. The van der Waals surface area contributed by atoms with Crippen LogP contribution >= 0.6 is 0 Å². The van der Waals surface area contributed by atoms with Crippen LogP contribution in [0.4, 0.5) is 9.59 Å². The largest absolute Gasteiger partial charge is 0.480 e. The maximum absolute atomic E-state index is 14.1. The Labute approximate surface area is 268 Å². The van der Waals surface area contributed by atoms with Crippen LogP contribution in [0, 0.1) is 0 Å². The normalized spacial score (nSPS) is 15.3. The van der Waals surface area contributed by atoms with E-state index in [9.17, 15) is 29.1 Å². The third-order valence-corrected chi connectivity index (χ3v) is 7.80. The number of urea groups is 1. The third kappa shape index (κ3) is 9.40. The van der Waals surface area contributed by atoms with Gasteiger partial charge in [-0.25, -0.2) is 14.4 Å². The highest BCUT2D eigenvalue weighted by Gasteiger charge is 2.40. The van der Waals surface area contributed by atoms with E-state index in [1.165, 1.54) is 9.80 Å². The average molecular weight is 629 g/mol. The van der Waals surface area contributed by atoms with Gasteiger partial charge in [0.2, 0.25) is 0 Å². The van der Waals surface area contributed by atoms with Gasteiger partial charge in [0.15, 0.2) is 5.78 Å². The SMILES string of the molecule is CCCC(NC(=O)OCc1ccccc1)N(CC(=O)C(Cc1ccccc1)NC(=O)c1ccccc1)C(=O)N1CCC[C@H]1C(=O)O. The molecule has 3 atom stereocenters. The number of amides is 4. The van der Waals surface area contributed by atoms with Gasteiger partial charge in [-0.2, -0.15) is 0 Å². The summed E-state index contributed by atoms with van der Waals surface area (Å²) in [7, 11) is 0. The number of hydrogen-bond donors (Lipinski definition) is 3. The number of carboxylic acids is 1. The molecule has 0 aliphatic carbocycles. The zero-order valence-corrected chi connectivity index (χ0v) is 25.8. The number of nitrogens with zero attached hydrogens (tertiary/aromatic N) is 2. The maximum Gasteiger partial charge on any atom is 0.409 e. The van der Waals surface area contributed by atoms with E-state index < -0.39 is 54.6 Å². The number of hydrogen-bond acceptors (Lipinski definition) is 6. The topological polar surface area (TPSA) is 145 Å². The Hall–Kier alpha value is -5.19. The second-order valence-corrected chi connectivity index (χ2v) is 11.2. The van der Waals surface area contributed by atoms with E-state index >= 15 is 0 Å². The standard InChI is InChI=1S/C35H40N4O7/c1-2-13-31(37-34(44)46-24-26-16-8-4-9-17-26)39(35(45)38-21-12-20-29(38)33(42)43)23-30(40)28(22-25-14-6-3-7-15-25)36-32(41)27-18-10-5-11-19-27/h3-11,14-19,28-29,31H,2,12-13,20-24H2,1H3,(H,36,41)(H,37,44)(H,42,43)/t28?,29-,31?/m0/s1. The Bertz CT molecular complexity index is 1470. The molecule has 1 heterocycles. The first-order valence-corrected chi connectivity index (χ1v) is 15.5. The van der Waals surface area contributed by atoms with Gasteiger partial charge in [0.05, 0.1) is 12.6 Å². The van der Waals surface area contributed by atoms with Crippen molar-refractivity contribution in [1.29, 1.82) is 0 Å². The lowest BCUT2D eigenvalue weighted by Gasteiger charge is -2.36. The molecule has 242 valence electrons. The van der Waals surface area contributed by atoms with Crippen LogP contribution < -0.4 is 10.6 Å². The fourth-order valence-corrected chi connectivity index (χ4v) is 5.41. The average Bonchev–Trinajstić information content (AvgIpc) is 3.57. The molecule has 4 rings (SSSR count). The molecule has 11 heteroatoms. The Kier molecular flexibility index (Phi) is 12.3. The molecule has 3 aromatic carbocycles. The molecule has 0 saturated carbocycles. The van der Waals surface area contributed by atoms with Gasteiger partial charge in [-0.3, -0.25) is 14.5 Å². The van der Waals surface area contributed by atoms with Crippen molar-refractivity contribution in [3.05, 3.63) is 108 Å². The molecule has 1 aliphatic heterocycles. The van der Waals surface area contributed by atoms with Gasteiger partial charge in [0, 0.05) is 12.1 Å². The summed E-state index contributed by atoms with van der Waals surface area (Å²) in [4.78, 5) is 68.7. The van der Waals surface area contributed by atoms with Gasteiger partial charge in [-0.1, -0.05) is 92.2 Å². The Morgan fingerprint density at radius 3 is 2.11 bits per heavy atom. The van der Waals surface area contributed by atoms with Gasteiger partial charge in [0.1, 0.15) is 18.8 Å². The highest BCUT2D eigenvalue weighted by atomic mass is 16.5. The molecule has 1 fully saturated rings. The van der Waals surface area contributed by atoms with Crippen molar-refractivity contribution in [2.24, 2.45) is 0 Å². The first kappa shape index (κ1) is 33.7. The molecule has 0 bridgehead atoms. The number of nitrogens with one attached hydrogen (secondary N) is 2. The first-order valence-electron chi connectivity index (χ1n) is 15.5. The second-order valence-electron chi connectivity index (χ2n) is 11.2. The van der Waals surface area contributed by atoms with E-state index in [2.05, 4.69) is 10.6 Å². The Morgan fingerprint density at radius 2 is 1.50 bits per heavy atom. The minimum absolute atomic E-state index is 0.00369. The fraction of sp³-hybridized carbons (Fsp3) is 0.343. The van der Waals surface area contributed by atoms with Gasteiger partial charge in [0.25, 0.3) is 5.91 Å². The van der Waals surface area contributed by atoms with Gasteiger partial charge in [-0.15, -0.1) is 0 Å². The number of carboxylic acid groups (broad SMARTS) is 1. The molecular weight excluding hydrogens is 588 g/mol. The van der Waals surface area contributed by atoms with Crippen molar-refractivity contribution < 1.29 is 33.8 Å². The third-order valence-electron chi connectivity index (χ3n) is 7.80. The summed E-state index contributed by atoms with van der Waals surface area (Å²) in [5.74, 6) is -2.07. The second kappa shape index (κ2) is 16.8. The van der Waals surface area contributed by atoms with Crippen LogP contribution in [0.15, 0.2) is 91.0 Å². The molecule has 3 aromatic rings. The van der Waals surface area contributed by atoms with Gasteiger partial charge < -0.3 is 25.4 Å². The maximum atomic E-state index is 14.1. The van der Waals surface area contributed by atoms with Crippen molar-refractivity contribution >= 4 is 29.8 Å². The number of ether oxygens (including phenoxy) is 1. The minimum Gasteiger partial charge on any atom is -0.480 e. The summed E-state index contributed by atoms with van der Waals surface area (Å²) in [5, 5.41) is 15.4. The summed E-state index contributed by atoms with van der Waals surface area (Å²) in [6, 6.07) is 24.0. The number of benzene rings is 3. The lowest BCUT2D eigenvalue weighted by molar-refractivity contribution is -0.141. The number of carbonyl (C=O) groups is 5. The van der Waals surface area contributed by atoms with E-state index in [1.807, 2.05) is 55.5 Å². The van der Waals surface area contributed by atoms with Crippen LogP contribution in [0.1, 0.15) is 54.1 Å². The van der Waals surface area contributed by atoms with E-state index in [-0.39, 0.29) is 32.4 Å². The van der Waals surface area contributed by atoms with Crippen LogP contribution in [0.2, 0.25) is 0 Å². The molecule has 3 N–H and O–H groups in total. The Balaban J connectivity index is 1.60. The number of aliphatic carboxylic acids is 1. The zero-order valence-electron chi connectivity index (χ0n) is 25.8. The molecule has 0 radical (unpaired) electrons. The number of carbonyl (C=O) groups excluding carboxylic acids is 4. The molecule has 4 amide bonds. The molecule has 2 unspecified atom stereocenters. The summed E-state index contributed by atoms with van der Waals surface area (Å²) in [5.41, 5.74) is 1.94. The highest BCUT2D eigenvalue weighted by Crippen LogP contribution is 2.22. The van der Waals surface area contributed by atoms with Crippen LogP contribution in [0.3, 0.4) is 0 Å². The number of rotatable bonds is 14. The van der Waals surface area contributed by atoms with E-state index in [0.29, 0.717) is 18.4 Å². The predicted molar refractivity (Wildman–Crippen MR) is 171 cm³/mol. The molecule has 46 heavy (non-hydrogen) atoms. The van der Waals surface area contributed by atoms with Crippen molar-refractivity contribution in [3.8, 4) is 0 Å².